The minimum atomic E-state index is -0.0834. The topological polar surface area (TPSA) is 60.7 Å². The molecule has 3 N–H and O–H groups in total. The largest absolute Gasteiger partial charge is 0.396 e. The second-order valence-electron chi connectivity index (χ2n) is 2.74. The van der Waals surface area contributed by atoms with Gasteiger partial charge in [0.15, 0.2) is 0 Å². The Hall–Kier alpha value is -0.380. The fraction of sp³-hybridized carbons (Fsp3) is 0.778. The van der Waals surface area contributed by atoms with Gasteiger partial charge in [-0.15, -0.1) is 0 Å². The molecule has 72 valence electrons. The summed E-state index contributed by atoms with van der Waals surface area (Å²) in [5.41, 5.74) is 0.828. The minimum absolute atomic E-state index is 0.00699. The molecule has 0 bridgehead atoms. The zero-order valence-corrected chi connectivity index (χ0v) is 7.53. The highest BCUT2D eigenvalue weighted by atomic mass is 16.3. The van der Waals surface area contributed by atoms with Crippen molar-refractivity contribution in [3.05, 3.63) is 11.6 Å². The molecule has 1 unspecified atom stereocenters. The van der Waals surface area contributed by atoms with E-state index in [0.717, 1.165) is 12.0 Å². The predicted molar refractivity (Wildman–Crippen MR) is 47.7 cm³/mol. The molecule has 0 aliphatic carbocycles. The van der Waals surface area contributed by atoms with Crippen LogP contribution in [0.3, 0.4) is 0 Å². The third-order valence-electron chi connectivity index (χ3n) is 1.87. The first kappa shape index (κ1) is 11.6. The molecule has 3 heteroatoms. The van der Waals surface area contributed by atoms with E-state index in [9.17, 15) is 0 Å². The van der Waals surface area contributed by atoms with E-state index in [4.69, 9.17) is 15.3 Å². The van der Waals surface area contributed by atoms with Crippen LogP contribution in [0.2, 0.25) is 0 Å². The van der Waals surface area contributed by atoms with Crippen LogP contribution in [0.25, 0.3) is 0 Å². The summed E-state index contributed by atoms with van der Waals surface area (Å²) in [6.45, 7) is 1.99. The second kappa shape index (κ2) is 7.28. The van der Waals surface area contributed by atoms with E-state index in [1.807, 2.05) is 13.0 Å². The molecule has 0 fully saturated rings. The van der Waals surface area contributed by atoms with Gasteiger partial charge >= 0.3 is 0 Å². The normalized spacial score (nSPS) is 14.8. The lowest BCUT2D eigenvalue weighted by Crippen LogP contribution is -2.14. The van der Waals surface area contributed by atoms with Crippen molar-refractivity contribution in [2.24, 2.45) is 5.92 Å². The van der Waals surface area contributed by atoms with Crippen molar-refractivity contribution in [3.8, 4) is 0 Å². The first-order chi connectivity index (χ1) is 5.79. The summed E-state index contributed by atoms with van der Waals surface area (Å²) in [6, 6.07) is 0. The van der Waals surface area contributed by atoms with Crippen LogP contribution in [0.4, 0.5) is 0 Å². The van der Waals surface area contributed by atoms with Crippen LogP contribution in [0, 0.1) is 5.92 Å². The van der Waals surface area contributed by atoms with E-state index >= 15 is 0 Å². The number of allylic oxidation sites excluding steroid dienone is 1. The van der Waals surface area contributed by atoms with Gasteiger partial charge in [-0.3, -0.25) is 0 Å². The Kier molecular flexibility index (Phi) is 7.05. The van der Waals surface area contributed by atoms with Crippen molar-refractivity contribution in [1.82, 2.24) is 0 Å². The van der Waals surface area contributed by atoms with Crippen molar-refractivity contribution in [2.75, 3.05) is 19.8 Å². The monoisotopic (exact) mass is 174 g/mol. The highest BCUT2D eigenvalue weighted by Crippen LogP contribution is 2.14. The Morgan fingerprint density at radius 2 is 2.00 bits per heavy atom. The molecule has 0 aliphatic rings. The molecule has 0 spiro atoms. The zero-order valence-electron chi connectivity index (χ0n) is 7.53. The molecule has 0 heterocycles. The van der Waals surface area contributed by atoms with Crippen LogP contribution in [0.15, 0.2) is 11.6 Å². The maximum atomic E-state index is 8.92. The molecule has 3 nitrogen and oxygen atoms in total. The first-order valence-corrected chi connectivity index (χ1v) is 4.31. The number of aliphatic hydroxyl groups is 3. The lowest BCUT2D eigenvalue weighted by Gasteiger charge is -2.14. The van der Waals surface area contributed by atoms with Gasteiger partial charge in [0.25, 0.3) is 0 Å². The van der Waals surface area contributed by atoms with Gasteiger partial charge in [-0.05, 0) is 18.4 Å². The van der Waals surface area contributed by atoms with Crippen molar-refractivity contribution in [1.29, 1.82) is 0 Å². The minimum Gasteiger partial charge on any atom is -0.396 e. The Balaban J connectivity index is 4.12. The van der Waals surface area contributed by atoms with Crippen LogP contribution < -0.4 is 0 Å². The maximum absolute atomic E-state index is 8.92. The highest BCUT2D eigenvalue weighted by Gasteiger charge is 2.10. The van der Waals surface area contributed by atoms with E-state index < -0.39 is 0 Å². The van der Waals surface area contributed by atoms with Gasteiger partial charge in [0.2, 0.25) is 0 Å². The molecule has 0 aromatic carbocycles. The number of rotatable bonds is 6. The highest BCUT2D eigenvalue weighted by molar-refractivity contribution is 5.06. The Morgan fingerprint density at radius 3 is 2.33 bits per heavy atom. The van der Waals surface area contributed by atoms with Crippen molar-refractivity contribution in [3.63, 3.8) is 0 Å². The first-order valence-electron chi connectivity index (χ1n) is 4.31. The van der Waals surface area contributed by atoms with Crippen molar-refractivity contribution < 1.29 is 15.3 Å². The smallest absolute Gasteiger partial charge is 0.0645 e. The Morgan fingerprint density at radius 1 is 1.33 bits per heavy atom. The lowest BCUT2D eigenvalue weighted by atomic mass is 9.96. The standard InChI is InChI=1S/C9H18O3/c1-2-3-8(6-11)9(7-12)4-5-10/h3,9-12H,2,4-7H2,1H3/b8-3-. The average Bonchev–Trinajstić information content (AvgIpc) is 2.11. The molecule has 0 rings (SSSR count). The summed E-state index contributed by atoms with van der Waals surface area (Å²) < 4.78 is 0. The van der Waals surface area contributed by atoms with Crippen LogP contribution >= 0.6 is 0 Å². The fourth-order valence-corrected chi connectivity index (χ4v) is 1.17. The van der Waals surface area contributed by atoms with E-state index in [1.54, 1.807) is 0 Å². The summed E-state index contributed by atoms with van der Waals surface area (Å²) in [4.78, 5) is 0. The summed E-state index contributed by atoms with van der Waals surface area (Å²) >= 11 is 0. The molecule has 0 aromatic heterocycles. The van der Waals surface area contributed by atoms with Gasteiger partial charge in [0, 0.05) is 19.1 Å². The average molecular weight is 174 g/mol. The molecule has 12 heavy (non-hydrogen) atoms. The van der Waals surface area contributed by atoms with Gasteiger partial charge in [0.05, 0.1) is 6.61 Å². The van der Waals surface area contributed by atoms with Gasteiger partial charge in [0.1, 0.15) is 0 Å². The SMILES string of the molecule is CC/C=C(/CO)C(CO)CCO. The third kappa shape index (κ3) is 3.85. The predicted octanol–water partition coefficient (Wildman–Crippen LogP) is 0.306. The van der Waals surface area contributed by atoms with Gasteiger partial charge in [-0.1, -0.05) is 13.0 Å². The Labute approximate surface area is 73.4 Å². The molecule has 0 amide bonds. The second-order valence-corrected chi connectivity index (χ2v) is 2.74. The number of hydrogen-bond donors (Lipinski definition) is 3. The van der Waals surface area contributed by atoms with E-state index in [1.165, 1.54) is 0 Å². The van der Waals surface area contributed by atoms with Crippen molar-refractivity contribution >= 4 is 0 Å². The molecule has 0 aliphatic heterocycles. The maximum Gasteiger partial charge on any atom is 0.0645 e. The summed E-state index contributed by atoms with van der Waals surface area (Å²) in [5, 5.41) is 26.5. The Bertz CT molecular complexity index is 132. The third-order valence-corrected chi connectivity index (χ3v) is 1.87. The summed E-state index contributed by atoms with van der Waals surface area (Å²) in [5.74, 6) is -0.0834. The molecular weight excluding hydrogens is 156 g/mol. The van der Waals surface area contributed by atoms with Gasteiger partial charge in [-0.25, -0.2) is 0 Å². The quantitative estimate of drug-likeness (QED) is 0.508. The lowest BCUT2D eigenvalue weighted by molar-refractivity contribution is 0.189. The molecule has 1 atom stereocenters. The fourth-order valence-electron chi connectivity index (χ4n) is 1.17. The van der Waals surface area contributed by atoms with Crippen molar-refractivity contribution in [2.45, 2.75) is 19.8 Å². The molecular formula is C9H18O3. The number of hydrogen-bond acceptors (Lipinski definition) is 3. The van der Waals surface area contributed by atoms with Crippen LogP contribution in [0.1, 0.15) is 19.8 Å². The summed E-state index contributed by atoms with van der Waals surface area (Å²) in [6.07, 6.45) is 3.26. The van der Waals surface area contributed by atoms with Gasteiger partial charge in [-0.2, -0.15) is 0 Å². The molecule has 0 aromatic rings. The molecule has 0 saturated heterocycles. The van der Waals surface area contributed by atoms with Crippen LogP contribution in [-0.4, -0.2) is 35.1 Å². The molecule has 0 radical (unpaired) electrons. The summed E-state index contributed by atoms with van der Waals surface area (Å²) in [7, 11) is 0. The van der Waals surface area contributed by atoms with E-state index in [-0.39, 0.29) is 25.7 Å². The van der Waals surface area contributed by atoms with E-state index in [2.05, 4.69) is 0 Å². The molecule has 0 saturated carbocycles. The van der Waals surface area contributed by atoms with E-state index in [0.29, 0.717) is 6.42 Å². The van der Waals surface area contributed by atoms with Crippen LogP contribution in [-0.2, 0) is 0 Å². The van der Waals surface area contributed by atoms with Crippen LogP contribution in [0.5, 0.6) is 0 Å². The van der Waals surface area contributed by atoms with Gasteiger partial charge < -0.3 is 15.3 Å². The zero-order chi connectivity index (χ0) is 9.40. The number of aliphatic hydroxyl groups excluding tert-OH is 3.